The Morgan fingerprint density at radius 3 is 2.54 bits per heavy atom. The lowest BCUT2D eigenvalue weighted by molar-refractivity contribution is 0.372. The van der Waals surface area contributed by atoms with Gasteiger partial charge in [0.25, 0.3) is 0 Å². The standard InChI is InChI=1S/C9H13N3O/c1-9(2,3)8-12-11-7(13-8)5-4-6-10/h4-5H2,1-3H3. The molecule has 0 aliphatic rings. The lowest BCUT2D eigenvalue weighted by Crippen LogP contribution is -2.11. The van der Waals surface area contributed by atoms with Gasteiger partial charge in [0.1, 0.15) is 0 Å². The third-order valence-electron chi connectivity index (χ3n) is 1.56. The molecule has 0 aliphatic heterocycles. The molecule has 0 atom stereocenters. The summed E-state index contributed by atoms with van der Waals surface area (Å²) in [7, 11) is 0. The average molecular weight is 179 g/mol. The Labute approximate surface area is 77.6 Å². The molecule has 1 heterocycles. The van der Waals surface area contributed by atoms with Crippen molar-refractivity contribution in [2.24, 2.45) is 0 Å². The fraction of sp³-hybridized carbons (Fsp3) is 0.667. The fourth-order valence-electron chi connectivity index (χ4n) is 0.821. The van der Waals surface area contributed by atoms with Crippen molar-refractivity contribution in [3.8, 4) is 6.07 Å². The average Bonchev–Trinajstić information content (AvgIpc) is 2.47. The van der Waals surface area contributed by atoms with Gasteiger partial charge in [-0.15, -0.1) is 10.2 Å². The maximum atomic E-state index is 8.35. The third kappa shape index (κ3) is 2.55. The van der Waals surface area contributed by atoms with Gasteiger partial charge in [-0.2, -0.15) is 5.26 Å². The van der Waals surface area contributed by atoms with E-state index in [2.05, 4.69) is 10.2 Å². The van der Waals surface area contributed by atoms with Crippen LogP contribution in [0.25, 0.3) is 0 Å². The first-order valence-corrected chi connectivity index (χ1v) is 4.24. The normalized spacial score (nSPS) is 11.2. The van der Waals surface area contributed by atoms with Crippen molar-refractivity contribution in [1.29, 1.82) is 5.26 Å². The van der Waals surface area contributed by atoms with Gasteiger partial charge < -0.3 is 4.42 Å². The van der Waals surface area contributed by atoms with Gasteiger partial charge in [-0.3, -0.25) is 0 Å². The number of rotatable bonds is 2. The topological polar surface area (TPSA) is 62.7 Å². The number of nitrogens with zero attached hydrogens (tertiary/aromatic N) is 3. The highest BCUT2D eigenvalue weighted by Crippen LogP contribution is 2.20. The molecule has 0 N–H and O–H groups in total. The maximum absolute atomic E-state index is 8.35. The summed E-state index contributed by atoms with van der Waals surface area (Å²) in [4.78, 5) is 0. The smallest absolute Gasteiger partial charge is 0.221 e. The molecule has 1 rings (SSSR count). The van der Waals surface area contributed by atoms with Crippen LogP contribution in [0.1, 0.15) is 39.0 Å². The molecule has 0 aromatic carbocycles. The van der Waals surface area contributed by atoms with Gasteiger partial charge in [0.2, 0.25) is 11.8 Å². The first-order valence-electron chi connectivity index (χ1n) is 4.24. The Balaban J connectivity index is 2.71. The van der Waals surface area contributed by atoms with Crippen molar-refractivity contribution in [2.45, 2.75) is 39.0 Å². The molecule has 0 saturated heterocycles. The predicted octanol–water partition coefficient (Wildman–Crippen LogP) is 1.82. The van der Waals surface area contributed by atoms with Gasteiger partial charge in [0.05, 0.1) is 6.07 Å². The lowest BCUT2D eigenvalue weighted by atomic mass is 9.97. The Kier molecular flexibility index (Phi) is 2.66. The van der Waals surface area contributed by atoms with Gasteiger partial charge in [-0.25, -0.2) is 0 Å². The van der Waals surface area contributed by atoms with E-state index in [9.17, 15) is 0 Å². The highest BCUT2D eigenvalue weighted by molar-refractivity contribution is 4.96. The van der Waals surface area contributed by atoms with Crippen LogP contribution in [0.5, 0.6) is 0 Å². The summed E-state index contributed by atoms with van der Waals surface area (Å²) in [6.07, 6.45) is 0.964. The van der Waals surface area contributed by atoms with Crippen molar-refractivity contribution in [1.82, 2.24) is 10.2 Å². The van der Waals surface area contributed by atoms with Crippen LogP contribution in [-0.2, 0) is 11.8 Å². The van der Waals surface area contributed by atoms with Crippen molar-refractivity contribution in [2.75, 3.05) is 0 Å². The van der Waals surface area contributed by atoms with Crippen LogP contribution >= 0.6 is 0 Å². The summed E-state index contributed by atoms with van der Waals surface area (Å²) in [5.74, 6) is 1.17. The zero-order valence-corrected chi connectivity index (χ0v) is 8.16. The highest BCUT2D eigenvalue weighted by atomic mass is 16.4. The van der Waals surface area contributed by atoms with E-state index in [0.717, 1.165) is 0 Å². The molecule has 4 nitrogen and oxygen atoms in total. The van der Waals surface area contributed by atoms with Crippen molar-refractivity contribution in [3.63, 3.8) is 0 Å². The Hall–Kier alpha value is -1.37. The summed E-state index contributed by atoms with van der Waals surface area (Å²) >= 11 is 0. The monoisotopic (exact) mass is 179 g/mol. The summed E-state index contributed by atoms with van der Waals surface area (Å²) in [5, 5.41) is 16.1. The molecular formula is C9H13N3O. The SMILES string of the molecule is CC(C)(C)c1nnc(CCC#N)o1. The molecule has 1 aromatic heterocycles. The maximum Gasteiger partial charge on any atom is 0.221 e. The molecule has 0 saturated carbocycles. The Bertz CT molecular complexity index is 316. The first-order chi connectivity index (χ1) is 6.04. The summed E-state index contributed by atoms with van der Waals surface area (Å²) in [6.45, 7) is 6.03. The quantitative estimate of drug-likeness (QED) is 0.694. The summed E-state index contributed by atoms with van der Waals surface area (Å²) < 4.78 is 5.38. The van der Waals surface area contributed by atoms with Crippen molar-refractivity contribution in [3.05, 3.63) is 11.8 Å². The number of hydrogen-bond acceptors (Lipinski definition) is 4. The highest BCUT2D eigenvalue weighted by Gasteiger charge is 2.20. The van der Waals surface area contributed by atoms with Crippen LogP contribution < -0.4 is 0 Å². The number of aryl methyl sites for hydroxylation is 1. The van der Waals surface area contributed by atoms with E-state index < -0.39 is 0 Å². The molecule has 0 fully saturated rings. The zero-order chi connectivity index (χ0) is 9.90. The van der Waals surface area contributed by atoms with Crippen LogP contribution in [0.3, 0.4) is 0 Å². The largest absolute Gasteiger partial charge is 0.425 e. The molecule has 0 amide bonds. The molecule has 0 spiro atoms. The molecule has 0 unspecified atom stereocenters. The Morgan fingerprint density at radius 1 is 1.38 bits per heavy atom. The van der Waals surface area contributed by atoms with Crippen molar-refractivity contribution >= 4 is 0 Å². The van der Waals surface area contributed by atoms with Crippen LogP contribution in [0.2, 0.25) is 0 Å². The van der Waals surface area contributed by atoms with E-state index in [1.807, 2.05) is 26.8 Å². The second-order valence-electron chi connectivity index (χ2n) is 3.91. The molecule has 1 aromatic rings. The van der Waals surface area contributed by atoms with E-state index >= 15 is 0 Å². The molecule has 4 heteroatoms. The van der Waals surface area contributed by atoms with Crippen molar-refractivity contribution < 1.29 is 4.42 Å². The van der Waals surface area contributed by atoms with Gasteiger partial charge in [-0.05, 0) is 0 Å². The van der Waals surface area contributed by atoms with Crippen LogP contribution in [-0.4, -0.2) is 10.2 Å². The van der Waals surface area contributed by atoms with Gasteiger partial charge in [0.15, 0.2) is 0 Å². The minimum absolute atomic E-state index is 0.113. The molecule has 0 radical (unpaired) electrons. The third-order valence-corrected chi connectivity index (χ3v) is 1.56. The van der Waals surface area contributed by atoms with E-state index in [4.69, 9.17) is 9.68 Å². The summed E-state index contributed by atoms with van der Waals surface area (Å²) in [5.41, 5.74) is -0.113. The fourth-order valence-corrected chi connectivity index (χ4v) is 0.821. The lowest BCUT2D eigenvalue weighted by Gasteiger charge is -2.10. The minimum Gasteiger partial charge on any atom is -0.425 e. The number of nitriles is 1. The molecular weight excluding hydrogens is 166 g/mol. The van der Waals surface area contributed by atoms with Gasteiger partial charge in [-0.1, -0.05) is 20.8 Å². The van der Waals surface area contributed by atoms with E-state index in [1.54, 1.807) is 0 Å². The molecule has 0 bridgehead atoms. The second-order valence-corrected chi connectivity index (χ2v) is 3.91. The number of aromatic nitrogens is 2. The second kappa shape index (κ2) is 3.56. The molecule has 13 heavy (non-hydrogen) atoms. The molecule has 0 aliphatic carbocycles. The van der Waals surface area contributed by atoms with Crippen LogP contribution in [0.4, 0.5) is 0 Å². The predicted molar refractivity (Wildman–Crippen MR) is 46.9 cm³/mol. The Morgan fingerprint density at radius 2 is 2.08 bits per heavy atom. The zero-order valence-electron chi connectivity index (χ0n) is 8.16. The number of hydrogen-bond donors (Lipinski definition) is 0. The minimum atomic E-state index is -0.113. The first kappa shape index (κ1) is 9.72. The van der Waals surface area contributed by atoms with E-state index in [1.165, 1.54) is 0 Å². The van der Waals surface area contributed by atoms with E-state index in [-0.39, 0.29) is 5.41 Å². The van der Waals surface area contributed by atoms with Gasteiger partial charge in [0, 0.05) is 18.3 Å². The van der Waals surface area contributed by atoms with Crippen LogP contribution in [0.15, 0.2) is 4.42 Å². The molecule has 70 valence electrons. The van der Waals surface area contributed by atoms with Gasteiger partial charge >= 0.3 is 0 Å². The van der Waals surface area contributed by atoms with E-state index in [0.29, 0.717) is 24.6 Å². The summed E-state index contributed by atoms with van der Waals surface area (Å²) in [6, 6.07) is 2.04. The van der Waals surface area contributed by atoms with Crippen LogP contribution in [0, 0.1) is 11.3 Å².